The summed E-state index contributed by atoms with van der Waals surface area (Å²) < 4.78 is 47.2. The third-order valence-corrected chi connectivity index (χ3v) is 1.22. The van der Waals surface area contributed by atoms with Gasteiger partial charge < -0.3 is 0 Å². The van der Waals surface area contributed by atoms with E-state index < -0.39 is 18.8 Å². The second-order valence-electron chi connectivity index (χ2n) is 2.81. The minimum Gasteiger partial charge on any atom is -0.243 e. The molecule has 0 amide bonds. The fourth-order valence-electron chi connectivity index (χ4n) is 0.796. The maximum atomic E-state index is 12.3. The van der Waals surface area contributed by atoms with Crippen LogP contribution in [0.5, 0.6) is 0 Å². The van der Waals surface area contributed by atoms with Crippen LogP contribution in [0.15, 0.2) is 23.8 Å². The van der Waals surface area contributed by atoms with Crippen LogP contribution in [0.25, 0.3) is 0 Å². The van der Waals surface area contributed by atoms with Crippen molar-refractivity contribution in [3.63, 3.8) is 0 Å². The van der Waals surface area contributed by atoms with E-state index in [0.717, 1.165) is 6.08 Å². The predicted molar refractivity (Wildman–Crippen MR) is 44.1 cm³/mol. The van der Waals surface area contributed by atoms with E-state index in [1.54, 1.807) is 6.92 Å². The van der Waals surface area contributed by atoms with Gasteiger partial charge in [0, 0.05) is 0 Å². The maximum absolute atomic E-state index is 12.3. The summed E-state index contributed by atoms with van der Waals surface area (Å²) in [6.45, 7) is 2.88. The SMILES string of the molecule is CC(/C=C\CC(F)(F)F)=C/C(C)F. The molecule has 0 aromatic rings. The average Bonchev–Trinajstić information content (AvgIpc) is 1.81. The number of halogens is 4. The van der Waals surface area contributed by atoms with Crippen molar-refractivity contribution in [2.45, 2.75) is 32.6 Å². The zero-order valence-electron chi connectivity index (χ0n) is 7.53. The molecule has 0 aromatic carbocycles. The summed E-state index contributed by atoms with van der Waals surface area (Å²) in [5.41, 5.74) is 0.499. The molecule has 1 unspecified atom stereocenters. The van der Waals surface area contributed by atoms with Crippen LogP contribution in [0.2, 0.25) is 0 Å². The molecule has 0 fully saturated rings. The number of rotatable bonds is 3. The molecule has 0 nitrogen and oxygen atoms in total. The van der Waals surface area contributed by atoms with Crippen LogP contribution in [0, 0.1) is 0 Å². The molecule has 0 heterocycles. The second-order valence-corrected chi connectivity index (χ2v) is 2.81. The standard InChI is InChI=1S/C9H12F4/c1-7(6-8(2)10)4-3-5-9(11,12)13/h3-4,6,8H,5H2,1-2H3/b4-3-,7-6-. The van der Waals surface area contributed by atoms with Gasteiger partial charge >= 0.3 is 6.18 Å². The maximum Gasteiger partial charge on any atom is 0.392 e. The van der Waals surface area contributed by atoms with Crippen molar-refractivity contribution < 1.29 is 17.6 Å². The van der Waals surface area contributed by atoms with Crippen molar-refractivity contribution in [1.82, 2.24) is 0 Å². The number of hydrogen-bond donors (Lipinski definition) is 0. The summed E-state index contributed by atoms with van der Waals surface area (Å²) in [6, 6.07) is 0. The van der Waals surface area contributed by atoms with Gasteiger partial charge in [-0.3, -0.25) is 0 Å². The molecular weight excluding hydrogens is 184 g/mol. The van der Waals surface area contributed by atoms with Crippen molar-refractivity contribution in [3.05, 3.63) is 23.8 Å². The molecule has 13 heavy (non-hydrogen) atoms. The van der Waals surface area contributed by atoms with Gasteiger partial charge in [-0.25, -0.2) is 4.39 Å². The second kappa shape index (κ2) is 5.04. The highest BCUT2D eigenvalue weighted by Crippen LogP contribution is 2.20. The predicted octanol–water partition coefficient (Wildman–Crippen LogP) is 3.80. The molecule has 0 N–H and O–H groups in total. The van der Waals surface area contributed by atoms with Gasteiger partial charge in [-0.15, -0.1) is 0 Å². The first kappa shape index (κ1) is 12.2. The monoisotopic (exact) mass is 196 g/mol. The molecule has 0 aliphatic carbocycles. The molecule has 4 heteroatoms. The Bertz CT molecular complexity index is 198. The van der Waals surface area contributed by atoms with Gasteiger partial charge in [-0.1, -0.05) is 17.7 Å². The minimum atomic E-state index is -4.18. The zero-order chi connectivity index (χ0) is 10.5. The van der Waals surface area contributed by atoms with E-state index >= 15 is 0 Å². The van der Waals surface area contributed by atoms with Gasteiger partial charge in [0.05, 0.1) is 6.42 Å². The molecule has 0 saturated heterocycles. The van der Waals surface area contributed by atoms with E-state index in [1.807, 2.05) is 0 Å². The number of allylic oxidation sites excluding steroid dienone is 4. The molecule has 0 aliphatic rings. The lowest BCUT2D eigenvalue weighted by molar-refractivity contribution is -0.125. The number of hydrogen-bond acceptors (Lipinski definition) is 0. The largest absolute Gasteiger partial charge is 0.392 e. The average molecular weight is 196 g/mol. The fourth-order valence-corrected chi connectivity index (χ4v) is 0.796. The van der Waals surface area contributed by atoms with Crippen LogP contribution < -0.4 is 0 Å². The molecule has 0 radical (unpaired) electrons. The Labute approximate surface area is 74.9 Å². The Hall–Kier alpha value is -0.800. The van der Waals surface area contributed by atoms with Crippen LogP contribution in [0.1, 0.15) is 20.3 Å². The Kier molecular flexibility index (Phi) is 4.73. The molecule has 0 aromatic heterocycles. The van der Waals surface area contributed by atoms with Crippen LogP contribution in [0.3, 0.4) is 0 Å². The lowest BCUT2D eigenvalue weighted by Crippen LogP contribution is -2.04. The van der Waals surface area contributed by atoms with Gasteiger partial charge in [-0.05, 0) is 19.9 Å². The first-order valence-corrected chi connectivity index (χ1v) is 3.87. The van der Waals surface area contributed by atoms with Crippen molar-refractivity contribution in [1.29, 1.82) is 0 Å². The van der Waals surface area contributed by atoms with E-state index in [9.17, 15) is 17.6 Å². The van der Waals surface area contributed by atoms with Gasteiger partial charge in [0.1, 0.15) is 6.17 Å². The summed E-state index contributed by atoms with van der Waals surface area (Å²) in [5, 5.41) is 0. The van der Waals surface area contributed by atoms with Crippen molar-refractivity contribution in [2.75, 3.05) is 0 Å². The molecule has 0 rings (SSSR count). The Balaban J connectivity index is 3.99. The molecule has 0 aliphatic heterocycles. The minimum absolute atomic E-state index is 0.499. The van der Waals surface area contributed by atoms with Crippen LogP contribution in [-0.4, -0.2) is 12.3 Å². The van der Waals surface area contributed by atoms with Crippen molar-refractivity contribution in [3.8, 4) is 0 Å². The van der Waals surface area contributed by atoms with Gasteiger partial charge in [-0.2, -0.15) is 13.2 Å². The van der Waals surface area contributed by atoms with Crippen LogP contribution in [0.4, 0.5) is 17.6 Å². The quantitative estimate of drug-likeness (QED) is 0.475. The molecule has 1 atom stereocenters. The summed E-state index contributed by atoms with van der Waals surface area (Å²) in [5.74, 6) is 0. The molecule has 0 saturated carbocycles. The van der Waals surface area contributed by atoms with Crippen molar-refractivity contribution >= 4 is 0 Å². The zero-order valence-corrected chi connectivity index (χ0v) is 7.53. The first-order chi connectivity index (χ1) is 5.81. The summed E-state index contributed by atoms with van der Waals surface area (Å²) in [7, 11) is 0. The van der Waals surface area contributed by atoms with Crippen LogP contribution in [-0.2, 0) is 0 Å². The van der Waals surface area contributed by atoms with Gasteiger partial charge in [0.25, 0.3) is 0 Å². The lowest BCUT2D eigenvalue weighted by atomic mass is 10.2. The molecule has 76 valence electrons. The highest BCUT2D eigenvalue weighted by atomic mass is 19.4. The smallest absolute Gasteiger partial charge is 0.243 e. The molecule has 0 spiro atoms. The topological polar surface area (TPSA) is 0 Å². The van der Waals surface area contributed by atoms with Crippen LogP contribution >= 0.6 is 0 Å². The van der Waals surface area contributed by atoms with Gasteiger partial charge in [0.2, 0.25) is 0 Å². The molecule has 0 bridgehead atoms. The third kappa shape index (κ3) is 9.11. The van der Waals surface area contributed by atoms with E-state index in [2.05, 4.69) is 0 Å². The Morgan fingerprint density at radius 2 is 1.92 bits per heavy atom. The Morgan fingerprint density at radius 1 is 1.38 bits per heavy atom. The van der Waals surface area contributed by atoms with E-state index in [0.29, 0.717) is 5.57 Å². The van der Waals surface area contributed by atoms with Crippen molar-refractivity contribution in [2.24, 2.45) is 0 Å². The van der Waals surface area contributed by atoms with Gasteiger partial charge in [0.15, 0.2) is 0 Å². The van der Waals surface area contributed by atoms with E-state index in [4.69, 9.17) is 0 Å². The molecular formula is C9H12F4. The summed E-state index contributed by atoms with van der Waals surface area (Å²) in [4.78, 5) is 0. The highest BCUT2D eigenvalue weighted by molar-refractivity contribution is 5.17. The Morgan fingerprint density at radius 3 is 2.31 bits per heavy atom. The third-order valence-electron chi connectivity index (χ3n) is 1.22. The first-order valence-electron chi connectivity index (χ1n) is 3.87. The number of alkyl halides is 4. The fraction of sp³-hybridized carbons (Fsp3) is 0.556. The highest BCUT2D eigenvalue weighted by Gasteiger charge is 2.24. The van der Waals surface area contributed by atoms with E-state index in [1.165, 1.54) is 19.1 Å². The normalized spacial score (nSPS) is 16.6. The lowest BCUT2D eigenvalue weighted by Gasteiger charge is -2.00. The summed E-state index contributed by atoms with van der Waals surface area (Å²) in [6.07, 6.45) is -2.78. The van der Waals surface area contributed by atoms with E-state index in [-0.39, 0.29) is 0 Å². The summed E-state index contributed by atoms with van der Waals surface area (Å²) >= 11 is 0.